The second-order valence-electron chi connectivity index (χ2n) is 5.03. The van der Waals surface area contributed by atoms with Crippen LogP contribution in [-0.4, -0.2) is 24.5 Å². The van der Waals surface area contributed by atoms with E-state index in [1.54, 1.807) is 18.1 Å². The van der Waals surface area contributed by atoms with Gasteiger partial charge < -0.3 is 4.57 Å². The van der Waals surface area contributed by atoms with E-state index in [2.05, 4.69) is 39.9 Å². The number of para-hydroxylation sites is 1. The third-order valence-electron chi connectivity index (χ3n) is 3.12. The Hall–Kier alpha value is -2.08. The van der Waals surface area contributed by atoms with Gasteiger partial charge in [-0.25, -0.2) is 4.68 Å². The van der Waals surface area contributed by atoms with Gasteiger partial charge in [-0.05, 0) is 26.0 Å². The molecule has 0 aliphatic rings. The van der Waals surface area contributed by atoms with Crippen molar-refractivity contribution < 1.29 is 0 Å². The summed E-state index contributed by atoms with van der Waals surface area (Å²) in [6.45, 7) is 4.25. The number of rotatable bonds is 5. The van der Waals surface area contributed by atoms with Gasteiger partial charge in [0.25, 0.3) is 0 Å². The largest absolute Gasteiger partial charge is 0.306 e. The van der Waals surface area contributed by atoms with Crippen molar-refractivity contribution in [3.63, 3.8) is 0 Å². The van der Waals surface area contributed by atoms with Crippen molar-refractivity contribution >= 4 is 11.8 Å². The van der Waals surface area contributed by atoms with Crippen LogP contribution < -0.4 is 0 Å². The lowest BCUT2D eigenvalue weighted by Gasteiger charge is -2.08. The maximum Gasteiger partial charge on any atom is 0.191 e. The van der Waals surface area contributed by atoms with E-state index in [0.29, 0.717) is 6.04 Å². The van der Waals surface area contributed by atoms with E-state index in [-0.39, 0.29) is 0 Å². The molecule has 5 nitrogen and oxygen atoms in total. The Morgan fingerprint density at radius 1 is 1.19 bits per heavy atom. The smallest absolute Gasteiger partial charge is 0.191 e. The Morgan fingerprint density at radius 2 is 2.00 bits per heavy atom. The van der Waals surface area contributed by atoms with Crippen molar-refractivity contribution in [3.8, 4) is 5.69 Å². The van der Waals surface area contributed by atoms with Crippen LogP contribution in [0.4, 0.5) is 0 Å². The van der Waals surface area contributed by atoms with Crippen molar-refractivity contribution in [2.75, 3.05) is 0 Å². The first-order valence-electron chi connectivity index (χ1n) is 6.85. The van der Waals surface area contributed by atoms with Crippen LogP contribution in [0.2, 0.25) is 0 Å². The van der Waals surface area contributed by atoms with Crippen LogP contribution in [0.1, 0.15) is 25.5 Å². The number of hydrogen-bond donors (Lipinski definition) is 0. The summed E-state index contributed by atoms with van der Waals surface area (Å²) in [6, 6.07) is 10.5. The van der Waals surface area contributed by atoms with Gasteiger partial charge in [0.1, 0.15) is 6.33 Å². The Bertz CT molecular complexity index is 702. The number of thioether (sulfide) groups is 1. The molecule has 0 spiro atoms. The fraction of sp³-hybridized carbons (Fsp3) is 0.267. The summed E-state index contributed by atoms with van der Waals surface area (Å²) in [5.74, 6) is 0.832. The molecule has 3 rings (SSSR count). The van der Waals surface area contributed by atoms with Crippen LogP contribution in [0.25, 0.3) is 5.69 Å². The van der Waals surface area contributed by atoms with Gasteiger partial charge in [-0.2, -0.15) is 5.10 Å². The molecule has 21 heavy (non-hydrogen) atoms. The molecule has 0 unspecified atom stereocenters. The third-order valence-corrected chi connectivity index (χ3v) is 4.15. The quantitative estimate of drug-likeness (QED) is 0.678. The van der Waals surface area contributed by atoms with E-state index in [1.165, 1.54) is 5.56 Å². The molecule has 0 amide bonds. The molecule has 2 heterocycles. The highest BCUT2D eigenvalue weighted by Gasteiger charge is 2.09. The monoisotopic (exact) mass is 299 g/mol. The van der Waals surface area contributed by atoms with Crippen molar-refractivity contribution in [2.45, 2.75) is 30.8 Å². The summed E-state index contributed by atoms with van der Waals surface area (Å²) in [5.41, 5.74) is 2.24. The minimum atomic E-state index is 0.370. The highest BCUT2D eigenvalue weighted by Crippen LogP contribution is 2.23. The zero-order chi connectivity index (χ0) is 14.7. The van der Waals surface area contributed by atoms with Crippen molar-refractivity contribution in [2.24, 2.45) is 0 Å². The molecule has 0 bridgehead atoms. The molecule has 0 saturated carbocycles. The standard InChI is InChI=1S/C15H17N5S/c1-12(2)19-11-16-18-15(19)21-10-13-8-17-20(9-13)14-6-4-3-5-7-14/h3-9,11-12H,10H2,1-2H3. The highest BCUT2D eigenvalue weighted by atomic mass is 32.2. The SMILES string of the molecule is CC(C)n1cnnc1SCc1cnn(-c2ccccc2)c1. The molecular formula is C15H17N5S. The Balaban J connectivity index is 1.69. The first-order chi connectivity index (χ1) is 10.2. The zero-order valence-corrected chi connectivity index (χ0v) is 12.9. The van der Waals surface area contributed by atoms with E-state index < -0.39 is 0 Å². The van der Waals surface area contributed by atoms with Crippen LogP contribution in [0, 0.1) is 0 Å². The topological polar surface area (TPSA) is 48.5 Å². The minimum Gasteiger partial charge on any atom is -0.306 e. The molecule has 2 aromatic heterocycles. The van der Waals surface area contributed by atoms with Crippen LogP contribution in [0.3, 0.4) is 0 Å². The second kappa shape index (κ2) is 6.13. The molecule has 0 N–H and O–H groups in total. The zero-order valence-electron chi connectivity index (χ0n) is 12.0. The van der Waals surface area contributed by atoms with E-state index in [9.17, 15) is 0 Å². The molecule has 0 saturated heterocycles. The maximum absolute atomic E-state index is 4.40. The van der Waals surface area contributed by atoms with Gasteiger partial charge in [0.15, 0.2) is 5.16 Å². The molecule has 1 aromatic carbocycles. The van der Waals surface area contributed by atoms with Crippen molar-refractivity contribution in [1.29, 1.82) is 0 Å². The van der Waals surface area contributed by atoms with E-state index >= 15 is 0 Å². The third kappa shape index (κ3) is 3.16. The molecular weight excluding hydrogens is 282 g/mol. The Labute approximate surface area is 128 Å². The van der Waals surface area contributed by atoms with Gasteiger partial charge in [0, 0.05) is 23.6 Å². The summed E-state index contributed by atoms with van der Waals surface area (Å²) in [5, 5.41) is 13.5. The minimum absolute atomic E-state index is 0.370. The summed E-state index contributed by atoms with van der Waals surface area (Å²) in [6.07, 6.45) is 5.73. The fourth-order valence-corrected chi connectivity index (χ4v) is 2.95. The maximum atomic E-state index is 4.40. The first-order valence-corrected chi connectivity index (χ1v) is 7.84. The van der Waals surface area contributed by atoms with Gasteiger partial charge in [0.2, 0.25) is 0 Å². The number of hydrogen-bond acceptors (Lipinski definition) is 4. The van der Waals surface area contributed by atoms with E-state index in [4.69, 9.17) is 0 Å². The van der Waals surface area contributed by atoms with Gasteiger partial charge in [0.05, 0.1) is 11.9 Å². The molecule has 108 valence electrons. The lowest BCUT2D eigenvalue weighted by molar-refractivity contribution is 0.549. The molecule has 3 aromatic rings. The average Bonchev–Trinajstić information content (AvgIpc) is 3.15. The number of aromatic nitrogens is 5. The van der Waals surface area contributed by atoms with Crippen molar-refractivity contribution in [3.05, 3.63) is 54.6 Å². The normalized spacial score (nSPS) is 11.2. The van der Waals surface area contributed by atoms with Crippen LogP contribution in [0.5, 0.6) is 0 Å². The van der Waals surface area contributed by atoms with E-state index in [0.717, 1.165) is 16.6 Å². The lowest BCUT2D eigenvalue weighted by Crippen LogP contribution is -2.00. The van der Waals surface area contributed by atoms with E-state index in [1.807, 2.05) is 41.2 Å². The predicted molar refractivity (Wildman–Crippen MR) is 83.5 cm³/mol. The lowest BCUT2D eigenvalue weighted by atomic mass is 10.3. The summed E-state index contributed by atoms with van der Waals surface area (Å²) < 4.78 is 3.97. The molecule has 6 heteroatoms. The average molecular weight is 299 g/mol. The molecule has 0 aliphatic heterocycles. The highest BCUT2D eigenvalue weighted by molar-refractivity contribution is 7.98. The first kappa shape index (κ1) is 13.9. The summed E-state index contributed by atoms with van der Waals surface area (Å²) in [7, 11) is 0. The number of nitrogens with zero attached hydrogens (tertiary/aromatic N) is 5. The number of benzene rings is 1. The van der Waals surface area contributed by atoms with Crippen molar-refractivity contribution in [1.82, 2.24) is 24.5 Å². The molecule has 0 aliphatic carbocycles. The van der Waals surface area contributed by atoms with Gasteiger partial charge in [-0.15, -0.1) is 10.2 Å². The molecule has 0 atom stereocenters. The Kier molecular flexibility index (Phi) is 4.06. The van der Waals surface area contributed by atoms with Gasteiger partial charge in [-0.3, -0.25) is 0 Å². The summed E-state index contributed by atoms with van der Waals surface area (Å²) >= 11 is 1.68. The van der Waals surface area contributed by atoms with Crippen LogP contribution in [0.15, 0.2) is 54.2 Å². The Morgan fingerprint density at radius 3 is 2.76 bits per heavy atom. The van der Waals surface area contributed by atoms with Gasteiger partial charge in [-0.1, -0.05) is 30.0 Å². The summed E-state index contributed by atoms with van der Waals surface area (Å²) in [4.78, 5) is 0. The van der Waals surface area contributed by atoms with Crippen LogP contribution in [-0.2, 0) is 5.75 Å². The molecule has 0 radical (unpaired) electrons. The predicted octanol–water partition coefficient (Wildman–Crippen LogP) is 3.34. The van der Waals surface area contributed by atoms with Crippen LogP contribution >= 0.6 is 11.8 Å². The van der Waals surface area contributed by atoms with Gasteiger partial charge >= 0.3 is 0 Å². The fourth-order valence-electron chi connectivity index (χ4n) is 1.99. The second-order valence-corrected chi connectivity index (χ2v) is 5.97. The molecule has 0 fully saturated rings.